The molecule has 0 aliphatic heterocycles. The van der Waals surface area contributed by atoms with E-state index in [0.717, 1.165) is 5.56 Å². The Hall–Kier alpha value is -1.64. The van der Waals surface area contributed by atoms with Gasteiger partial charge in [-0.05, 0) is 12.5 Å². The molecular weight excluding hydrogens is 208 g/mol. The van der Waals surface area contributed by atoms with Crippen LogP contribution in [0.3, 0.4) is 0 Å². The first-order chi connectivity index (χ1) is 8.24. The van der Waals surface area contributed by atoms with Gasteiger partial charge in [-0.3, -0.25) is 0 Å². The van der Waals surface area contributed by atoms with Crippen molar-refractivity contribution in [1.29, 1.82) is 0 Å². The predicted octanol–water partition coefficient (Wildman–Crippen LogP) is 2.64. The van der Waals surface area contributed by atoms with E-state index in [1.807, 2.05) is 48.5 Å². The Kier molecular flexibility index (Phi) is 6.00. The lowest BCUT2D eigenvalue weighted by atomic mass is 10.1. The molecule has 0 aliphatic rings. The first kappa shape index (κ1) is 13.4. The van der Waals surface area contributed by atoms with Crippen molar-refractivity contribution in [1.82, 2.24) is 0 Å². The van der Waals surface area contributed by atoms with E-state index in [-0.39, 0.29) is 6.04 Å². The lowest BCUT2D eigenvalue weighted by Crippen LogP contribution is -2.20. The minimum Gasteiger partial charge on any atom is -0.329 e. The molecule has 1 atom stereocenters. The molecule has 4 N–H and O–H groups in total. The van der Waals surface area contributed by atoms with E-state index >= 15 is 0 Å². The van der Waals surface area contributed by atoms with Crippen molar-refractivity contribution in [3.8, 4) is 0 Å². The fourth-order valence-electron chi connectivity index (χ4n) is 1.37. The topological polar surface area (TPSA) is 52.0 Å². The van der Waals surface area contributed by atoms with Crippen LogP contribution in [0, 0.1) is 6.92 Å². The molecule has 0 radical (unpaired) electrons. The molecule has 0 fully saturated rings. The molecule has 17 heavy (non-hydrogen) atoms. The van der Waals surface area contributed by atoms with E-state index in [9.17, 15) is 0 Å². The molecule has 2 heteroatoms. The Balaban J connectivity index is 0.000000181. The van der Waals surface area contributed by atoms with E-state index in [1.165, 1.54) is 5.56 Å². The van der Waals surface area contributed by atoms with E-state index < -0.39 is 0 Å². The quantitative estimate of drug-likeness (QED) is 0.830. The fourth-order valence-corrected chi connectivity index (χ4v) is 1.37. The lowest BCUT2D eigenvalue weighted by molar-refractivity contribution is 0.737. The van der Waals surface area contributed by atoms with Gasteiger partial charge in [-0.15, -0.1) is 0 Å². The molecule has 2 aromatic carbocycles. The maximum atomic E-state index is 5.67. The zero-order chi connectivity index (χ0) is 12.5. The van der Waals surface area contributed by atoms with Gasteiger partial charge in [0.25, 0.3) is 0 Å². The van der Waals surface area contributed by atoms with Gasteiger partial charge in [0.1, 0.15) is 0 Å². The highest BCUT2D eigenvalue weighted by Gasteiger charge is 1.99. The van der Waals surface area contributed by atoms with Crippen LogP contribution in [0.1, 0.15) is 17.2 Å². The molecule has 90 valence electrons. The summed E-state index contributed by atoms with van der Waals surface area (Å²) in [6.45, 7) is 2.59. The summed E-state index contributed by atoms with van der Waals surface area (Å²) in [5.74, 6) is 0. The molecule has 0 saturated carbocycles. The zero-order valence-electron chi connectivity index (χ0n) is 10.2. The Morgan fingerprint density at radius 1 is 0.882 bits per heavy atom. The molecule has 0 heterocycles. The van der Waals surface area contributed by atoms with E-state index in [0.29, 0.717) is 6.54 Å². The largest absolute Gasteiger partial charge is 0.329 e. The number of nitrogens with two attached hydrogens (primary N) is 2. The van der Waals surface area contributed by atoms with Gasteiger partial charge < -0.3 is 11.5 Å². The van der Waals surface area contributed by atoms with Gasteiger partial charge in [0.15, 0.2) is 0 Å². The highest BCUT2D eigenvalue weighted by molar-refractivity contribution is 5.18. The summed E-state index contributed by atoms with van der Waals surface area (Å²) in [5, 5.41) is 0. The summed E-state index contributed by atoms with van der Waals surface area (Å²) < 4.78 is 0. The van der Waals surface area contributed by atoms with Gasteiger partial charge in [0.2, 0.25) is 0 Å². The molecule has 0 aromatic heterocycles. The SMILES string of the molecule is Cc1ccccc1.NCC(N)c1ccccc1. The predicted molar refractivity (Wildman–Crippen MR) is 73.6 cm³/mol. The third-order valence-corrected chi connectivity index (χ3v) is 2.42. The number of rotatable bonds is 2. The van der Waals surface area contributed by atoms with Crippen molar-refractivity contribution in [2.24, 2.45) is 11.5 Å². The fraction of sp³-hybridized carbons (Fsp3) is 0.200. The van der Waals surface area contributed by atoms with Crippen molar-refractivity contribution in [2.45, 2.75) is 13.0 Å². The molecule has 1 unspecified atom stereocenters. The molecule has 0 aliphatic carbocycles. The third kappa shape index (κ3) is 5.29. The minimum absolute atomic E-state index is 0.0128. The molecule has 0 spiro atoms. The van der Waals surface area contributed by atoms with Crippen molar-refractivity contribution in [2.75, 3.05) is 6.54 Å². The minimum atomic E-state index is -0.0128. The second-order valence-electron chi connectivity index (χ2n) is 3.91. The van der Waals surface area contributed by atoms with Crippen LogP contribution in [0.4, 0.5) is 0 Å². The van der Waals surface area contributed by atoms with Gasteiger partial charge in [-0.2, -0.15) is 0 Å². The van der Waals surface area contributed by atoms with E-state index in [2.05, 4.69) is 19.1 Å². The Morgan fingerprint density at radius 3 is 1.71 bits per heavy atom. The summed E-state index contributed by atoms with van der Waals surface area (Å²) in [7, 11) is 0. The van der Waals surface area contributed by atoms with Gasteiger partial charge in [-0.1, -0.05) is 66.2 Å². The molecule has 0 bridgehead atoms. The average Bonchev–Trinajstić information content (AvgIpc) is 2.40. The number of benzene rings is 2. The second kappa shape index (κ2) is 7.60. The Labute approximate surface area is 103 Å². The molecule has 0 amide bonds. The molecule has 2 nitrogen and oxygen atoms in total. The zero-order valence-corrected chi connectivity index (χ0v) is 10.2. The van der Waals surface area contributed by atoms with Crippen LogP contribution in [0.15, 0.2) is 60.7 Å². The maximum Gasteiger partial charge on any atom is 0.0419 e. The van der Waals surface area contributed by atoms with Gasteiger partial charge in [-0.25, -0.2) is 0 Å². The van der Waals surface area contributed by atoms with Crippen molar-refractivity contribution < 1.29 is 0 Å². The van der Waals surface area contributed by atoms with Crippen LogP contribution < -0.4 is 11.5 Å². The summed E-state index contributed by atoms with van der Waals surface area (Å²) in [5.41, 5.74) is 13.5. The number of hydrogen-bond acceptors (Lipinski definition) is 2. The van der Waals surface area contributed by atoms with E-state index in [4.69, 9.17) is 11.5 Å². The van der Waals surface area contributed by atoms with E-state index in [1.54, 1.807) is 0 Å². The molecule has 2 rings (SSSR count). The number of hydrogen-bond donors (Lipinski definition) is 2. The summed E-state index contributed by atoms with van der Waals surface area (Å²) in [6, 6.07) is 20.1. The first-order valence-corrected chi connectivity index (χ1v) is 5.76. The van der Waals surface area contributed by atoms with Crippen LogP contribution in [-0.2, 0) is 0 Å². The van der Waals surface area contributed by atoms with Gasteiger partial charge in [0.05, 0.1) is 0 Å². The summed E-state index contributed by atoms with van der Waals surface area (Å²) >= 11 is 0. The summed E-state index contributed by atoms with van der Waals surface area (Å²) in [4.78, 5) is 0. The van der Waals surface area contributed by atoms with Crippen LogP contribution in [0.25, 0.3) is 0 Å². The van der Waals surface area contributed by atoms with Crippen molar-refractivity contribution in [3.63, 3.8) is 0 Å². The smallest absolute Gasteiger partial charge is 0.0419 e. The second-order valence-corrected chi connectivity index (χ2v) is 3.91. The Morgan fingerprint density at radius 2 is 1.35 bits per heavy atom. The maximum absolute atomic E-state index is 5.67. The Bertz CT molecular complexity index is 398. The van der Waals surface area contributed by atoms with Gasteiger partial charge in [0, 0.05) is 12.6 Å². The monoisotopic (exact) mass is 228 g/mol. The molecule has 2 aromatic rings. The average molecular weight is 228 g/mol. The van der Waals surface area contributed by atoms with Crippen LogP contribution in [-0.4, -0.2) is 6.54 Å². The van der Waals surface area contributed by atoms with Crippen molar-refractivity contribution in [3.05, 3.63) is 71.8 Å². The summed E-state index contributed by atoms with van der Waals surface area (Å²) in [6.07, 6.45) is 0. The van der Waals surface area contributed by atoms with Crippen molar-refractivity contribution >= 4 is 0 Å². The standard InChI is InChI=1S/C8H12N2.C7H8/c9-6-8(10)7-4-2-1-3-5-7;1-7-5-3-2-4-6-7/h1-5,8H,6,9-10H2;2-6H,1H3. The normalized spacial score (nSPS) is 11.2. The lowest BCUT2D eigenvalue weighted by Gasteiger charge is -2.06. The van der Waals surface area contributed by atoms with Crippen LogP contribution in [0.2, 0.25) is 0 Å². The highest BCUT2D eigenvalue weighted by Crippen LogP contribution is 2.06. The van der Waals surface area contributed by atoms with Gasteiger partial charge >= 0.3 is 0 Å². The third-order valence-electron chi connectivity index (χ3n) is 2.42. The molecule has 0 saturated heterocycles. The van der Waals surface area contributed by atoms with Crippen LogP contribution >= 0.6 is 0 Å². The first-order valence-electron chi connectivity index (χ1n) is 5.76. The van der Waals surface area contributed by atoms with Crippen LogP contribution in [0.5, 0.6) is 0 Å². The number of aryl methyl sites for hydroxylation is 1. The highest BCUT2D eigenvalue weighted by atomic mass is 14.7. The molecular formula is C15H20N2.